The molecule has 13 nitrogen and oxygen atoms in total. The Morgan fingerprint density at radius 1 is 0.980 bits per heavy atom. The van der Waals surface area contributed by atoms with E-state index < -0.39 is 64.2 Å². The molecule has 1 aliphatic carbocycles. The van der Waals surface area contributed by atoms with Gasteiger partial charge in [0.05, 0.1) is 24.2 Å². The largest absolute Gasteiger partial charge is 0.363 e. The molecule has 2 fully saturated rings. The zero-order valence-corrected chi connectivity index (χ0v) is 31.8. The fraction of sp³-hybridized carbons (Fsp3) is 0.694. The number of hydrogen-bond acceptors (Lipinski definition) is 6. The molecule has 3 rings (SSSR count). The predicted molar refractivity (Wildman–Crippen MR) is 192 cm³/mol. The van der Waals surface area contributed by atoms with Crippen LogP contribution in [0.4, 0.5) is 4.79 Å². The van der Waals surface area contributed by atoms with Gasteiger partial charge in [-0.05, 0) is 53.6 Å². The van der Waals surface area contributed by atoms with E-state index in [0.717, 1.165) is 24.8 Å². The van der Waals surface area contributed by atoms with Gasteiger partial charge in [-0.25, -0.2) is 4.79 Å². The van der Waals surface area contributed by atoms with Crippen LogP contribution in [0, 0.1) is 28.6 Å². The number of rotatable bonds is 15. The Morgan fingerprint density at radius 3 is 2.14 bits per heavy atom. The summed E-state index contributed by atoms with van der Waals surface area (Å²) in [5.41, 5.74) is 4.99. The van der Waals surface area contributed by atoms with Crippen LogP contribution in [0.3, 0.4) is 0 Å². The lowest BCUT2D eigenvalue weighted by atomic mass is 9.80. The summed E-state index contributed by atoms with van der Waals surface area (Å²) >= 11 is -2.49. The molecule has 1 saturated heterocycles. The van der Waals surface area contributed by atoms with Gasteiger partial charge in [0.1, 0.15) is 18.6 Å². The number of amides is 5. The number of hydrogen-bond donors (Lipinski definition) is 6. The van der Waals surface area contributed by atoms with Crippen molar-refractivity contribution in [2.45, 2.75) is 123 Å². The number of nitrogens with one attached hydrogen (secondary N) is 3. The third-order valence-corrected chi connectivity index (χ3v) is 11.1. The molecule has 0 radical (unpaired) electrons. The van der Waals surface area contributed by atoms with E-state index in [1.165, 1.54) is 4.90 Å². The molecule has 1 heterocycles. The van der Waals surface area contributed by atoms with E-state index in [-0.39, 0.29) is 29.2 Å². The minimum Gasteiger partial charge on any atom is -0.363 e. The normalized spacial score (nSPS) is 20.7. The average Bonchev–Trinajstić information content (AvgIpc) is 3.45. The standard InChI is InChI=1S/C36H58N6O7S/c1-21(2)24-16-17-42(28(24)32(45)39-25(29(43)31(37)44)18-22-12-11-13-22)33(46)30(36(6,7)8)41-34(47)40-27(35(3,4)5)20-38-19-23-14-9-10-15-26(23)50(48)49/h9-10,14-15,21-22,24-25,27-28,30,38H,11-13,16-20H2,1-8H3,(H2,37,44)(H,39,45)(H,48,49)(H2,40,41,47)/p+2/t24-,25?,27-,28+,30-/m1/s1. The van der Waals surface area contributed by atoms with Crippen molar-refractivity contribution in [3.8, 4) is 0 Å². The maximum absolute atomic E-state index is 14.4. The molecule has 0 bridgehead atoms. The van der Waals surface area contributed by atoms with E-state index in [4.69, 9.17) is 5.73 Å². The summed E-state index contributed by atoms with van der Waals surface area (Å²) in [5.74, 6) is -2.78. The van der Waals surface area contributed by atoms with Crippen LogP contribution in [0.25, 0.3) is 0 Å². The first-order valence-electron chi connectivity index (χ1n) is 17.8. The lowest BCUT2D eigenvalue weighted by Crippen LogP contribution is -2.87. The van der Waals surface area contributed by atoms with Crippen LogP contribution in [0.15, 0.2) is 29.2 Å². The summed E-state index contributed by atoms with van der Waals surface area (Å²) < 4.78 is 21.5. The molecule has 0 aromatic heterocycles. The molecular weight excluding hydrogens is 660 g/mol. The Bertz CT molecular complexity index is 1420. The molecule has 8 N–H and O–H groups in total. The number of urea groups is 1. The zero-order valence-electron chi connectivity index (χ0n) is 31.0. The van der Waals surface area contributed by atoms with E-state index >= 15 is 0 Å². The SMILES string of the molecule is CC(C)[C@H]1CCN(C(=O)[C@@H](NC(=O)N[C@H](C[NH2+]Cc2ccccc2[SH+](=O)O)C(C)(C)C)C(C)(C)C)[C@@H]1C(=O)NC(CC1CCC1)C(=O)C(N)=O. The Balaban J connectivity index is 1.78. The summed E-state index contributed by atoms with van der Waals surface area (Å²) in [7, 11) is 0. The van der Waals surface area contributed by atoms with Crippen LogP contribution < -0.4 is 27.0 Å². The highest BCUT2D eigenvalue weighted by Crippen LogP contribution is 2.34. The van der Waals surface area contributed by atoms with E-state index in [2.05, 4.69) is 16.0 Å². The van der Waals surface area contributed by atoms with Gasteiger partial charge >= 0.3 is 6.03 Å². The molecule has 14 heteroatoms. The van der Waals surface area contributed by atoms with Gasteiger partial charge in [-0.15, -0.1) is 0 Å². The number of ketones is 1. The fourth-order valence-corrected chi connectivity index (χ4v) is 7.49. The quantitative estimate of drug-likeness (QED) is 0.0903. The predicted octanol–water partition coefficient (Wildman–Crippen LogP) is 2.01. The first kappa shape index (κ1) is 41.1. The Labute approximate surface area is 299 Å². The summed E-state index contributed by atoms with van der Waals surface area (Å²) in [5, 5.41) is 10.7. The van der Waals surface area contributed by atoms with E-state index in [9.17, 15) is 32.7 Å². The van der Waals surface area contributed by atoms with Crippen LogP contribution in [0.5, 0.6) is 0 Å². The lowest BCUT2D eigenvalue weighted by molar-refractivity contribution is -0.674. The Hall–Kier alpha value is -3.36. The number of carbonyl (C=O) groups excluding carboxylic acids is 5. The Morgan fingerprint density at radius 2 is 1.62 bits per heavy atom. The second-order valence-electron chi connectivity index (χ2n) is 16.5. The Kier molecular flexibility index (Phi) is 14.2. The lowest BCUT2D eigenvalue weighted by Gasteiger charge is -2.38. The number of carbonyl (C=O) groups is 5. The number of nitrogens with two attached hydrogens (primary N) is 2. The molecule has 1 aromatic carbocycles. The third-order valence-electron chi connectivity index (χ3n) is 10.2. The van der Waals surface area contributed by atoms with Gasteiger partial charge in [-0.2, -0.15) is 4.55 Å². The molecule has 5 amide bonds. The van der Waals surface area contributed by atoms with Gasteiger partial charge < -0.3 is 31.9 Å². The van der Waals surface area contributed by atoms with Crippen molar-refractivity contribution < 1.29 is 38.1 Å². The van der Waals surface area contributed by atoms with Gasteiger partial charge in [0.25, 0.3) is 5.91 Å². The molecule has 2 unspecified atom stereocenters. The molecule has 0 spiro atoms. The average molecular weight is 721 g/mol. The van der Waals surface area contributed by atoms with Crippen molar-refractivity contribution in [3.05, 3.63) is 29.8 Å². The van der Waals surface area contributed by atoms with Crippen molar-refractivity contribution in [1.82, 2.24) is 20.9 Å². The van der Waals surface area contributed by atoms with E-state index in [0.29, 0.717) is 37.4 Å². The number of Topliss-reactive ketones (excluding diaryl/α,β-unsaturated/α-hetero) is 1. The molecule has 2 aliphatic rings. The summed E-state index contributed by atoms with van der Waals surface area (Å²) in [6.07, 6.45) is 3.75. The van der Waals surface area contributed by atoms with Crippen molar-refractivity contribution >= 4 is 40.6 Å². The first-order valence-corrected chi connectivity index (χ1v) is 19.0. The highest BCUT2D eigenvalue weighted by molar-refractivity contribution is 7.79. The second-order valence-corrected chi connectivity index (χ2v) is 17.5. The molecule has 280 valence electrons. The molecule has 1 saturated carbocycles. The van der Waals surface area contributed by atoms with Crippen LogP contribution >= 0.6 is 0 Å². The smallest absolute Gasteiger partial charge is 0.315 e. The van der Waals surface area contributed by atoms with E-state index in [1.54, 1.807) is 18.2 Å². The van der Waals surface area contributed by atoms with Crippen molar-refractivity contribution in [2.24, 2.45) is 34.3 Å². The van der Waals surface area contributed by atoms with Crippen molar-refractivity contribution in [2.75, 3.05) is 13.1 Å². The van der Waals surface area contributed by atoms with Gasteiger partial charge in [0.15, 0.2) is 4.90 Å². The monoisotopic (exact) mass is 720 g/mol. The number of likely N-dealkylation sites (tertiary alicyclic amines) is 1. The number of quaternary nitrogens is 1. The highest BCUT2D eigenvalue weighted by atomic mass is 32.2. The van der Waals surface area contributed by atoms with Gasteiger partial charge in [-0.3, -0.25) is 19.2 Å². The molecule has 1 aliphatic heterocycles. The minimum absolute atomic E-state index is 0.0403. The molecule has 6 atom stereocenters. The van der Waals surface area contributed by atoms with E-state index in [1.807, 2.05) is 66.8 Å². The van der Waals surface area contributed by atoms with Crippen LogP contribution in [-0.4, -0.2) is 76.2 Å². The van der Waals surface area contributed by atoms with Gasteiger partial charge in [0, 0.05) is 6.54 Å². The first-order chi connectivity index (χ1) is 23.2. The molecule has 1 aromatic rings. The highest BCUT2D eigenvalue weighted by Gasteiger charge is 2.48. The topological polar surface area (TPSA) is 205 Å². The number of benzene rings is 1. The summed E-state index contributed by atoms with van der Waals surface area (Å²) in [6, 6.07) is 3.17. The fourth-order valence-electron chi connectivity index (χ4n) is 6.87. The maximum atomic E-state index is 14.4. The van der Waals surface area contributed by atoms with Crippen LogP contribution in [0.2, 0.25) is 0 Å². The van der Waals surface area contributed by atoms with Gasteiger partial charge in [-0.1, -0.05) is 91.0 Å². The molecule has 50 heavy (non-hydrogen) atoms. The number of nitrogens with zero attached hydrogens (tertiary/aromatic N) is 1. The summed E-state index contributed by atoms with van der Waals surface area (Å²) in [4.78, 5) is 68.5. The molecular formula is C36H60N6O7S+2. The summed E-state index contributed by atoms with van der Waals surface area (Å²) in [6.45, 7) is 16.7. The van der Waals surface area contributed by atoms with Crippen molar-refractivity contribution in [1.29, 1.82) is 0 Å². The second kappa shape index (κ2) is 17.2. The number of primary amides is 1. The van der Waals surface area contributed by atoms with Gasteiger partial charge in [0.2, 0.25) is 28.7 Å². The third kappa shape index (κ3) is 10.8. The van der Waals surface area contributed by atoms with Crippen molar-refractivity contribution in [3.63, 3.8) is 0 Å². The minimum atomic E-state index is -2.49. The van der Waals surface area contributed by atoms with Crippen LogP contribution in [-0.2, 0) is 41.0 Å². The zero-order chi connectivity index (χ0) is 37.6. The maximum Gasteiger partial charge on any atom is 0.315 e. The van der Waals surface area contributed by atoms with Crippen LogP contribution in [0.1, 0.15) is 93.1 Å². The number of thiol groups is 1.